The molecule has 0 aliphatic rings. The molecule has 0 saturated heterocycles. The van der Waals surface area contributed by atoms with Crippen molar-refractivity contribution >= 4 is 11.5 Å². The molecule has 0 unspecified atom stereocenters. The molecule has 0 spiro atoms. The highest BCUT2D eigenvalue weighted by Crippen LogP contribution is 2.34. The molecule has 0 radical (unpaired) electrons. The third-order valence-corrected chi connectivity index (χ3v) is 6.14. The predicted octanol–water partition coefficient (Wildman–Crippen LogP) is 8.69. The molecule has 1 heterocycles. The number of nitrogens with zero attached hydrogens (tertiary/aromatic N) is 1. The fourth-order valence-corrected chi connectivity index (χ4v) is 4.02. The fourth-order valence-electron chi connectivity index (χ4n) is 4.02. The van der Waals surface area contributed by atoms with Gasteiger partial charge in [0.25, 0.3) is 5.91 Å². The van der Waals surface area contributed by atoms with Gasteiger partial charge in [-0.25, -0.2) is 0 Å². The van der Waals surface area contributed by atoms with Crippen molar-refractivity contribution in [2.45, 2.75) is 86.6 Å². The number of furan rings is 1. The maximum atomic E-state index is 13.4. The molecule has 182 valence electrons. The Labute approximate surface area is 202 Å². The molecule has 0 aliphatic heterocycles. The van der Waals surface area contributed by atoms with E-state index >= 15 is 0 Å². The molecule has 1 rings (SSSR count). The number of allylic oxidation sites excluding steroid dienone is 8. The van der Waals surface area contributed by atoms with Gasteiger partial charge >= 0.3 is 0 Å². The van der Waals surface area contributed by atoms with Gasteiger partial charge in [0.2, 0.25) is 0 Å². The van der Waals surface area contributed by atoms with Crippen LogP contribution in [0.15, 0.2) is 65.2 Å². The van der Waals surface area contributed by atoms with Gasteiger partial charge in [-0.1, -0.05) is 63.3 Å². The lowest BCUT2D eigenvalue weighted by atomic mass is 9.89. The lowest BCUT2D eigenvalue weighted by molar-refractivity contribution is 0.0592. The molecule has 0 aliphatic carbocycles. The smallest absolute Gasteiger partial charge is 0.290 e. The van der Waals surface area contributed by atoms with Crippen LogP contribution < -0.4 is 0 Å². The number of amides is 1. The van der Waals surface area contributed by atoms with E-state index in [-0.39, 0.29) is 5.91 Å². The van der Waals surface area contributed by atoms with E-state index in [1.54, 1.807) is 0 Å². The summed E-state index contributed by atoms with van der Waals surface area (Å²) in [6, 6.07) is 1.90. The Morgan fingerprint density at radius 2 is 1.85 bits per heavy atom. The van der Waals surface area contributed by atoms with Crippen molar-refractivity contribution in [3.8, 4) is 0 Å². The van der Waals surface area contributed by atoms with Crippen LogP contribution >= 0.6 is 0 Å². The Morgan fingerprint density at radius 3 is 2.36 bits per heavy atom. The Bertz CT molecular complexity index is 888. The van der Waals surface area contributed by atoms with E-state index in [9.17, 15) is 4.79 Å². The monoisotopic (exact) mass is 451 g/mol. The van der Waals surface area contributed by atoms with E-state index in [0.29, 0.717) is 18.2 Å². The Morgan fingerprint density at radius 1 is 1.18 bits per heavy atom. The maximum Gasteiger partial charge on any atom is 0.290 e. The molecule has 1 aromatic rings. The van der Waals surface area contributed by atoms with Gasteiger partial charge in [-0.3, -0.25) is 4.79 Å². The second kappa shape index (κ2) is 13.9. The third kappa shape index (κ3) is 7.77. The highest BCUT2D eigenvalue weighted by molar-refractivity contribution is 5.93. The number of carbonyl (C=O) groups is 1. The standard InChI is InChI=1S/C30H45NO2/c1-10-16-18-24(17-11-2)19-20-26(25(13-4)14-5)28-23(7)22-27(33-28)29(32)31(21-12-3)30(8,9)15-6/h10-11,15-18,20,22,25H,6,12-14,19,21H2,1-5,7-9H3/b16-10+,17-11-,24-18+,26-20-. The summed E-state index contributed by atoms with van der Waals surface area (Å²) in [7, 11) is 0. The van der Waals surface area contributed by atoms with Crippen LogP contribution in [0.1, 0.15) is 96.0 Å². The number of rotatable bonds is 13. The van der Waals surface area contributed by atoms with Crippen molar-refractivity contribution in [3.05, 3.63) is 77.8 Å². The van der Waals surface area contributed by atoms with Crippen LogP contribution in [0, 0.1) is 12.8 Å². The second-order valence-electron chi connectivity index (χ2n) is 9.08. The summed E-state index contributed by atoms with van der Waals surface area (Å²) in [6.07, 6.45) is 18.3. The van der Waals surface area contributed by atoms with Crippen molar-refractivity contribution < 1.29 is 9.21 Å². The van der Waals surface area contributed by atoms with E-state index < -0.39 is 5.54 Å². The van der Waals surface area contributed by atoms with Crippen molar-refractivity contribution in [3.63, 3.8) is 0 Å². The zero-order valence-electron chi connectivity index (χ0n) is 22.2. The van der Waals surface area contributed by atoms with Crippen LogP contribution in [0.5, 0.6) is 0 Å². The molecule has 0 N–H and O–H groups in total. The van der Waals surface area contributed by atoms with Crippen LogP contribution in [0.25, 0.3) is 5.57 Å². The van der Waals surface area contributed by atoms with Gasteiger partial charge in [0.1, 0.15) is 5.76 Å². The largest absolute Gasteiger partial charge is 0.451 e. The van der Waals surface area contributed by atoms with Gasteiger partial charge in [0.05, 0.1) is 5.54 Å². The molecular weight excluding hydrogens is 406 g/mol. The molecule has 0 atom stereocenters. The summed E-state index contributed by atoms with van der Waals surface area (Å²) >= 11 is 0. The number of hydrogen-bond donors (Lipinski definition) is 0. The molecule has 0 fully saturated rings. The number of carbonyl (C=O) groups excluding carboxylic acids is 1. The van der Waals surface area contributed by atoms with Crippen molar-refractivity contribution in [1.29, 1.82) is 0 Å². The Hall–Kier alpha value is -2.55. The molecule has 3 nitrogen and oxygen atoms in total. The molecular formula is C30H45NO2. The minimum absolute atomic E-state index is 0.0809. The minimum Gasteiger partial charge on any atom is -0.451 e. The minimum atomic E-state index is -0.443. The molecule has 0 aromatic carbocycles. The summed E-state index contributed by atoms with van der Waals surface area (Å²) in [5, 5.41) is 0. The van der Waals surface area contributed by atoms with Gasteiger partial charge < -0.3 is 9.32 Å². The van der Waals surface area contributed by atoms with E-state index in [2.05, 4.69) is 57.7 Å². The van der Waals surface area contributed by atoms with E-state index in [4.69, 9.17) is 4.42 Å². The van der Waals surface area contributed by atoms with Gasteiger partial charge in [-0.05, 0) is 89.0 Å². The summed E-state index contributed by atoms with van der Waals surface area (Å²) in [5.41, 5.74) is 2.99. The highest BCUT2D eigenvalue weighted by atomic mass is 16.4. The average Bonchev–Trinajstić information content (AvgIpc) is 3.19. The lowest BCUT2D eigenvalue weighted by Crippen LogP contribution is -2.46. The van der Waals surface area contributed by atoms with E-state index in [1.807, 2.05) is 57.7 Å². The normalized spacial score (nSPS) is 13.5. The van der Waals surface area contributed by atoms with Crippen molar-refractivity contribution in [2.24, 2.45) is 5.92 Å². The molecule has 0 bridgehead atoms. The van der Waals surface area contributed by atoms with E-state index in [0.717, 1.165) is 37.0 Å². The van der Waals surface area contributed by atoms with E-state index in [1.165, 1.54) is 11.1 Å². The van der Waals surface area contributed by atoms with Crippen LogP contribution in [-0.4, -0.2) is 22.9 Å². The molecule has 1 amide bonds. The maximum absolute atomic E-state index is 13.4. The van der Waals surface area contributed by atoms with Crippen molar-refractivity contribution in [2.75, 3.05) is 6.54 Å². The first-order valence-corrected chi connectivity index (χ1v) is 12.4. The van der Waals surface area contributed by atoms with Crippen LogP contribution in [0.3, 0.4) is 0 Å². The third-order valence-electron chi connectivity index (χ3n) is 6.14. The zero-order chi connectivity index (χ0) is 25.0. The Balaban J connectivity index is 3.48. The Kier molecular flexibility index (Phi) is 12.0. The summed E-state index contributed by atoms with van der Waals surface area (Å²) < 4.78 is 6.32. The zero-order valence-corrected chi connectivity index (χ0v) is 22.2. The van der Waals surface area contributed by atoms with Crippen molar-refractivity contribution in [1.82, 2.24) is 4.90 Å². The first-order chi connectivity index (χ1) is 15.7. The van der Waals surface area contributed by atoms with Gasteiger partial charge in [-0.15, -0.1) is 6.58 Å². The summed E-state index contributed by atoms with van der Waals surface area (Å²) in [4.78, 5) is 15.3. The lowest BCUT2D eigenvalue weighted by Gasteiger charge is -2.35. The molecule has 1 aromatic heterocycles. The van der Waals surface area contributed by atoms with Gasteiger partial charge in [-0.2, -0.15) is 0 Å². The predicted molar refractivity (Wildman–Crippen MR) is 143 cm³/mol. The SMILES string of the molecule is C=CC(C)(C)N(CCC)C(=O)c1cc(C)c(/C(=C\CC(/C=C\C)=C/C=C/C)C(CC)CC)o1. The first kappa shape index (κ1) is 28.5. The van der Waals surface area contributed by atoms with Crippen LogP contribution in [-0.2, 0) is 0 Å². The molecule has 33 heavy (non-hydrogen) atoms. The average molecular weight is 452 g/mol. The molecule has 0 saturated carbocycles. The first-order valence-electron chi connectivity index (χ1n) is 12.4. The van der Waals surface area contributed by atoms with Gasteiger partial charge in [0, 0.05) is 6.54 Å². The van der Waals surface area contributed by atoms with Crippen LogP contribution in [0.2, 0.25) is 0 Å². The summed E-state index contributed by atoms with van der Waals surface area (Å²) in [5.74, 6) is 1.54. The second-order valence-corrected chi connectivity index (χ2v) is 9.08. The number of aryl methyl sites for hydroxylation is 1. The molecule has 3 heteroatoms. The topological polar surface area (TPSA) is 33.5 Å². The fraction of sp³-hybridized carbons (Fsp3) is 0.500. The van der Waals surface area contributed by atoms with Crippen LogP contribution in [0.4, 0.5) is 0 Å². The highest BCUT2D eigenvalue weighted by Gasteiger charge is 2.31. The number of hydrogen-bond acceptors (Lipinski definition) is 2. The van der Waals surface area contributed by atoms with Gasteiger partial charge in [0.15, 0.2) is 5.76 Å². The summed E-state index contributed by atoms with van der Waals surface area (Å²) in [6.45, 7) is 21.2. The quantitative estimate of drug-likeness (QED) is 0.222.